The third-order valence-corrected chi connectivity index (χ3v) is 10.3. The number of hydrogen-bond acceptors (Lipinski definition) is 4. The number of nitrogens with one attached hydrogen (secondary N) is 1. The van der Waals surface area contributed by atoms with E-state index in [-0.39, 0.29) is 43.2 Å². The number of rotatable bonds is 11. The van der Waals surface area contributed by atoms with Crippen LogP contribution in [0.4, 0.5) is 4.39 Å². The number of carbonyl (C=O) groups excluding carboxylic acids is 1. The summed E-state index contributed by atoms with van der Waals surface area (Å²) in [6, 6.07) is 19.7. The van der Waals surface area contributed by atoms with E-state index in [0.717, 1.165) is 18.4 Å². The van der Waals surface area contributed by atoms with Crippen LogP contribution in [0, 0.1) is 17.2 Å². The lowest BCUT2D eigenvalue weighted by molar-refractivity contribution is -0.147. The summed E-state index contributed by atoms with van der Waals surface area (Å²) in [4.78, 5) is 25.4. The van der Waals surface area contributed by atoms with Gasteiger partial charge in [0.1, 0.15) is 5.82 Å². The number of carboxylic acid groups (broad SMARTS) is 1. The average molecular weight is 648 g/mol. The molecule has 1 saturated heterocycles. The quantitative estimate of drug-likeness (QED) is 0.212. The lowest BCUT2D eigenvalue weighted by Gasteiger charge is -2.49. The molecule has 4 atom stereocenters. The van der Waals surface area contributed by atoms with Gasteiger partial charge in [0.05, 0.1) is 17.4 Å². The Morgan fingerprint density at radius 2 is 1.77 bits per heavy atom. The van der Waals surface area contributed by atoms with Gasteiger partial charge >= 0.3 is 5.97 Å². The lowest BCUT2D eigenvalue weighted by Crippen LogP contribution is -2.58. The zero-order chi connectivity index (χ0) is 30.9. The molecule has 2 aliphatic rings. The molecule has 1 amide bonds. The Labute approximate surface area is 262 Å². The van der Waals surface area contributed by atoms with Gasteiger partial charge in [-0.05, 0) is 73.1 Å². The first-order valence-corrected chi connectivity index (χ1v) is 16.0. The second-order valence-corrected chi connectivity index (χ2v) is 13.7. The Hall–Kier alpha value is -2.98. The third-order valence-electron chi connectivity index (χ3n) is 8.90. The predicted octanol–water partition coefficient (Wildman–Crippen LogP) is 6.31. The van der Waals surface area contributed by atoms with Crippen LogP contribution in [0.25, 0.3) is 0 Å². The van der Waals surface area contributed by atoms with Gasteiger partial charge in [-0.1, -0.05) is 72.6 Å². The molecule has 1 aliphatic heterocycles. The van der Waals surface area contributed by atoms with Crippen molar-refractivity contribution < 1.29 is 27.5 Å². The van der Waals surface area contributed by atoms with Crippen LogP contribution in [0.1, 0.15) is 61.6 Å². The molecular weight excluding hydrogens is 614 g/mol. The Bertz CT molecular complexity index is 1590. The van der Waals surface area contributed by atoms with E-state index in [2.05, 4.69) is 5.32 Å². The highest BCUT2D eigenvalue weighted by Crippen LogP contribution is 2.55. The van der Waals surface area contributed by atoms with Gasteiger partial charge in [0.25, 0.3) is 0 Å². The van der Waals surface area contributed by atoms with E-state index in [9.17, 15) is 27.5 Å². The summed E-state index contributed by atoms with van der Waals surface area (Å²) < 4.78 is 42.7. The topological polar surface area (TPSA) is 104 Å². The Balaban J connectivity index is 1.66. The number of amides is 1. The van der Waals surface area contributed by atoms with E-state index in [4.69, 9.17) is 23.2 Å². The van der Waals surface area contributed by atoms with Crippen LogP contribution in [0.2, 0.25) is 10.0 Å². The van der Waals surface area contributed by atoms with Crippen molar-refractivity contribution in [1.29, 1.82) is 0 Å². The first-order chi connectivity index (χ1) is 20.4. The Morgan fingerprint density at radius 3 is 2.37 bits per heavy atom. The molecule has 3 aromatic carbocycles. The summed E-state index contributed by atoms with van der Waals surface area (Å²) in [5, 5.41) is 13.7. The molecule has 2 fully saturated rings. The van der Waals surface area contributed by atoms with Crippen LogP contribution in [0.5, 0.6) is 0 Å². The largest absolute Gasteiger partial charge is 0.481 e. The monoisotopic (exact) mass is 646 g/mol. The summed E-state index contributed by atoms with van der Waals surface area (Å²) in [7, 11) is -3.23. The predicted molar refractivity (Wildman–Crippen MR) is 164 cm³/mol. The standard InChI is InChI=1S/C32H33Cl2FN2O5S/c1-31(18-29(38)39)16-26(20-6-4-7-25(34)15-20)28(36-30(31)40)17-32(22-9-10-22,23-11-13-24(33)14-12-23)37(43(41)42)19-21-5-2-3-8-27(21)35/h2-8,11-15,22,26,28,43H,9-10,16-19H2,1H3,(H,36,40)(H,38,39)/t26-,28+,31+,32+/m1/s1. The van der Waals surface area contributed by atoms with E-state index < -0.39 is 45.6 Å². The molecule has 228 valence electrons. The van der Waals surface area contributed by atoms with Crippen molar-refractivity contribution in [3.8, 4) is 0 Å². The lowest BCUT2D eigenvalue weighted by atomic mass is 9.66. The van der Waals surface area contributed by atoms with Crippen LogP contribution in [-0.4, -0.2) is 35.7 Å². The molecule has 0 radical (unpaired) electrons. The number of nitrogens with zero attached hydrogens (tertiary/aromatic N) is 1. The van der Waals surface area contributed by atoms with Crippen molar-refractivity contribution in [2.24, 2.45) is 11.3 Å². The van der Waals surface area contributed by atoms with E-state index in [0.29, 0.717) is 15.6 Å². The summed E-state index contributed by atoms with van der Waals surface area (Å²) in [5.74, 6) is -2.51. The molecule has 0 aromatic heterocycles. The maximum atomic E-state index is 14.9. The van der Waals surface area contributed by atoms with Gasteiger partial charge < -0.3 is 10.4 Å². The minimum atomic E-state index is -3.23. The summed E-state index contributed by atoms with van der Waals surface area (Å²) in [6.07, 6.45) is 1.49. The van der Waals surface area contributed by atoms with Crippen LogP contribution in [-0.2, 0) is 32.6 Å². The fourth-order valence-corrected chi connectivity index (χ4v) is 7.93. The molecule has 0 bridgehead atoms. The number of thiol groups is 1. The van der Waals surface area contributed by atoms with Gasteiger partial charge in [0, 0.05) is 34.1 Å². The van der Waals surface area contributed by atoms with Crippen LogP contribution >= 0.6 is 23.2 Å². The van der Waals surface area contributed by atoms with E-state index in [1.54, 1.807) is 67.6 Å². The molecule has 11 heteroatoms. The van der Waals surface area contributed by atoms with E-state index in [1.807, 2.05) is 6.07 Å². The molecule has 43 heavy (non-hydrogen) atoms. The second kappa shape index (κ2) is 12.6. The van der Waals surface area contributed by atoms with Gasteiger partial charge in [-0.15, -0.1) is 0 Å². The maximum Gasteiger partial charge on any atom is 0.304 e. The highest BCUT2D eigenvalue weighted by molar-refractivity contribution is 7.69. The molecular formula is C32H33Cl2FN2O5S. The van der Waals surface area contributed by atoms with Crippen molar-refractivity contribution in [2.75, 3.05) is 0 Å². The van der Waals surface area contributed by atoms with Gasteiger partial charge in [-0.2, -0.15) is 4.31 Å². The molecule has 1 aliphatic carbocycles. The molecule has 3 aromatic rings. The minimum absolute atomic E-state index is 0.113. The van der Waals surface area contributed by atoms with Crippen molar-refractivity contribution in [1.82, 2.24) is 9.62 Å². The maximum absolute atomic E-state index is 14.9. The fraction of sp³-hybridized carbons (Fsp3) is 0.375. The van der Waals surface area contributed by atoms with E-state index in [1.165, 1.54) is 10.4 Å². The molecule has 1 saturated carbocycles. The second-order valence-electron chi connectivity index (χ2n) is 11.9. The number of halogens is 3. The summed E-state index contributed by atoms with van der Waals surface area (Å²) in [6.45, 7) is 1.43. The first-order valence-electron chi connectivity index (χ1n) is 14.1. The highest BCUT2D eigenvalue weighted by atomic mass is 35.5. The number of aliphatic carboxylic acids is 1. The van der Waals surface area contributed by atoms with Gasteiger partial charge in [-0.25, -0.2) is 12.8 Å². The highest BCUT2D eigenvalue weighted by Gasteiger charge is 2.56. The molecule has 0 unspecified atom stereocenters. The molecule has 0 spiro atoms. The molecule has 5 rings (SSSR count). The van der Waals surface area contributed by atoms with Crippen molar-refractivity contribution in [2.45, 2.75) is 63.1 Å². The molecule has 1 heterocycles. The van der Waals surface area contributed by atoms with Gasteiger partial charge in [0.15, 0.2) is 0 Å². The number of hydrogen-bond donors (Lipinski definition) is 3. The summed E-state index contributed by atoms with van der Waals surface area (Å²) in [5.41, 5.74) is -0.630. The number of carboxylic acids is 1. The van der Waals surface area contributed by atoms with Crippen molar-refractivity contribution in [3.05, 3.63) is 105 Å². The van der Waals surface area contributed by atoms with Gasteiger partial charge in [0.2, 0.25) is 16.8 Å². The zero-order valence-corrected chi connectivity index (χ0v) is 25.9. The number of piperidine rings is 1. The van der Waals surface area contributed by atoms with Crippen molar-refractivity contribution in [3.63, 3.8) is 0 Å². The number of carbonyl (C=O) groups is 2. The van der Waals surface area contributed by atoms with E-state index >= 15 is 0 Å². The van der Waals surface area contributed by atoms with Gasteiger partial charge in [-0.3, -0.25) is 9.59 Å². The molecule has 2 N–H and O–H groups in total. The van der Waals surface area contributed by atoms with Crippen LogP contribution < -0.4 is 5.32 Å². The SMILES string of the molecule is C[C@@]1(CC(=O)O)C[C@H](c2cccc(Cl)c2)[C@H](C[C@@](c2ccc(Cl)cc2)(C2CC2)N(Cc2ccccc2F)[SH](=O)=O)NC1=O. The normalized spacial score (nSPS) is 23.6. The molecule has 7 nitrogen and oxygen atoms in total. The summed E-state index contributed by atoms with van der Waals surface area (Å²) >= 11 is 12.6. The Morgan fingerprint density at radius 1 is 1.07 bits per heavy atom. The smallest absolute Gasteiger partial charge is 0.304 e. The van der Waals surface area contributed by atoms with Crippen molar-refractivity contribution >= 4 is 46.0 Å². The Kier molecular flexibility index (Phi) is 9.18. The third kappa shape index (κ3) is 6.60. The first kappa shape index (κ1) is 31.4. The fourth-order valence-electron chi connectivity index (χ4n) is 6.68. The minimum Gasteiger partial charge on any atom is -0.481 e. The average Bonchev–Trinajstić information content (AvgIpc) is 3.79. The number of benzene rings is 3. The zero-order valence-electron chi connectivity index (χ0n) is 23.5. The van der Waals surface area contributed by atoms with Crippen LogP contribution in [0.3, 0.4) is 0 Å². The van der Waals surface area contributed by atoms with Crippen LogP contribution in [0.15, 0.2) is 72.8 Å².